The molecule has 0 spiro atoms. The van der Waals surface area contributed by atoms with E-state index in [0.717, 1.165) is 10.9 Å². The van der Waals surface area contributed by atoms with E-state index in [-0.39, 0.29) is 0 Å². The minimum Gasteiger partial charge on any atom is -0.231 e. The molecule has 0 radical (unpaired) electrons. The lowest BCUT2D eigenvalue weighted by Crippen LogP contribution is -2.07. The van der Waals surface area contributed by atoms with Crippen molar-refractivity contribution in [3.63, 3.8) is 0 Å². The Kier molecular flexibility index (Phi) is 4.66. The van der Waals surface area contributed by atoms with Crippen molar-refractivity contribution in [3.8, 4) is 0 Å². The Morgan fingerprint density at radius 3 is 2.64 bits per heavy atom. The Morgan fingerprint density at radius 2 is 2.07 bits per heavy atom. The van der Waals surface area contributed by atoms with Crippen molar-refractivity contribution < 1.29 is 0 Å². The molecule has 1 aromatic heterocycles. The molecule has 0 aliphatic rings. The van der Waals surface area contributed by atoms with E-state index in [0.29, 0.717) is 11.8 Å². The van der Waals surface area contributed by atoms with Gasteiger partial charge in [-0.05, 0) is 17.9 Å². The van der Waals surface area contributed by atoms with Crippen molar-refractivity contribution in [3.05, 3.63) is 31.1 Å². The van der Waals surface area contributed by atoms with Gasteiger partial charge in [0, 0.05) is 18.1 Å². The fourth-order valence-electron chi connectivity index (χ4n) is 0.950. The zero-order valence-corrected chi connectivity index (χ0v) is 9.50. The maximum absolute atomic E-state index is 4.16. The quantitative estimate of drug-likeness (QED) is 0.422. The van der Waals surface area contributed by atoms with Crippen molar-refractivity contribution in [2.75, 3.05) is 5.75 Å². The Bertz CT molecular complexity index is 274. The van der Waals surface area contributed by atoms with Crippen molar-refractivity contribution in [2.24, 2.45) is 11.8 Å². The lowest BCUT2D eigenvalue weighted by molar-refractivity contribution is 0.513. The highest BCUT2D eigenvalue weighted by Crippen LogP contribution is 2.21. The second-order valence-corrected chi connectivity index (χ2v) is 4.40. The highest BCUT2D eigenvalue weighted by Gasteiger charge is 2.09. The molecular formula is C11H16N2S. The van der Waals surface area contributed by atoms with Crippen LogP contribution >= 0.6 is 11.8 Å². The smallest absolute Gasteiger partial charge is 0.187 e. The molecule has 1 aromatic rings. The van der Waals surface area contributed by atoms with Crippen LogP contribution < -0.4 is 0 Å². The van der Waals surface area contributed by atoms with Crippen LogP contribution in [0.1, 0.15) is 13.8 Å². The van der Waals surface area contributed by atoms with Gasteiger partial charge in [-0.1, -0.05) is 31.7 Å². The Balaban J connectivity index is 2.37. The second kappa shape index (κ2) is 5.81. The van der Waals surface area contributed by atoms with Crippen LogP contribution in [0, 0.1) is 11.8 Å². The Morgan fingerprint density at radius 1 is 1.43 bits per heavy atom. The maximum Gasteiger partial charge on any atom is 0.187 e. The van der Waals surface area contributed by atoms with E-state index in [1.54, 1.807) is 24.2 Å². The predicted octanol–water partition coefficient (Wildman–Crippen LogP) is 3.03. The number of thioether (sulfide) groups is 1. The molecule has 0 N–H and O–H groups in total. The summed E-state index contributed by atoms with van der Waals surface area (Å²) in [4.78, 5) is 8.32. The number of allylic oxidation sites excluding steroid dienone is 1. The van der Waals surface area contributed by atoms with Crippen LogP contribution in [-0.4, -0.2) is 15.7 Å². The van der Waals surface area contributed by atoms with Crippen molar-refractivity contribution in [1.29, 1.82) is 0 Å². The van der Waals surface area contributed by atoms with Crippen LogP contribution in [0.3, 0.4) is 0 Å². The summed E-state index contributed by atoms with van der Waals surface area (Å²) in [6.45, 7) is 8.21. The zero-order chi connectivity index (χ0) is 10.4. The number of rotatable bonds is 5. The van der Waals surface area contributed by atoms with E-state index < -0.39 is 0 Å². The van der Waals surface area contributed by atoms with Crippen LogP contribution in [0.15, 0.2) is 36.3 Å². The van der Waals surface area contributed by atoms with Gasteiger partial charge >= 0.3 is 0 Å². The third-order valence-electron chi connectivity index (χ3n) is 2.29. The topological polar surface area (TPSA) is 25.8 Å². The first kappa shape index (κ1) is 11.2. The standard InChI is InChI=1S/C11H16N2S/c1-4-9(2)10(3)8-14-11-12-6-5-7-13-11/h4-7,9-10H,1,8H2,2-3H3/t9?,10-/m1/s1. The Hall–Kier alpha value is -0.830. The highest BCUT2D eigenvalue weighted by atomic mass is 32.2. The van der Waals surface area contributed by atoms with E-state index >= 15 is 0 Å². The lowest BCUT2D eigenvalue weighted by atomic mass is 9.99. The van der Waals surface area contributed by atoms with Gasteiger partial charge in [0.1, 0.15) is 0 Å². The average Bonchev–Trinajstić information content (AvgIpc) is 2.26. The Labute approximate surface area is 89.9 Å². The van der Waals surface area contributed by atoms with E-state index in [1.807, 2.05) is 12.1 Å². The molecule has 0 saturated heterocycles. The van der Waals surface area contributed by atoms with Crippen LogP contribution in [-0.2, 0) is 0 Å². The maximum atomic E-state index is 4.16. The first-order chi connectivity index (χ1) is 6.74. The average molecular weight is 208 g/mol. The molecule has 76 valence electrons. The first-order valence-electron chi connectivity index (χ1n) is 4.76. The van der Waals surface area contributed by atoms with Gasteiger partial charge in [-0.15, -0.1) is 6.58 Å². The summed E-state index contributed by atoms with van der Waals surface area (Å²) in [6, 6.07) is 1.83. The van der Waals surface area contributed by atoms with Crippen molar-refractivity contribution in [1.82, 2.24) is 9.97 Å². The molecule has 0 aliphatic carbocycles. The largest absolute Gasteiger partial charge is 0.231 e. The molecule has 0 aliphatic heterocycles. The minimum absolute atomic E-state index is 0.547. The normalized spacial score (nSPS) is 14.7. The fourth-order valence-corrected chi connectivity index (χ4v) is 1.94. The van der Waals surface area contributed by atoms with Gasteiger partial charge in [0.25, 0.3) is 0 Å². The van der Waals surface area contributed by atoms with Gasteiger partial charge in [0.2, 0.25) is 0 Å². The summed E-state index contributed by atoms with van der Waals surface area (Å²) < 4.78 is 0. The molecule has 1 unspecified atom stereocenters. The van der Waals surface area contributed by atoms with Crippen molar-refractivity contribution >= 4 is 11.8 Å². The SMILES string of the molecule is C=CC(C)[C@H](C)CSc1ncccn1. The van der Waals surface area contributed by atoms with Gasteiger partial charge in [0.15, 0.2) is 5.16 Å². The van der Waals surface area contributed by atoms with E-state index in [2.05, 4.69) is 30.4 Å². The molecule has 0 amide bonds. The summed E-state index contributed by atoms with van der Waals surface area (Å²) in [5.41, 5.74) is 0. The molecule has 0 aromatic carbocycles. The number of nitrogens with zero attached hydrogens (tertiary/aromatic N) is 2. The summed E-state index contributed by atoms with van der Waals surface area (Å²) in [7, 11) is 0. The summed E-state index contributed by atoms with van der Waals surface area (Å²) >= 11 is 1.70. The zero-order valence-electron chi connectivity index (χ0n) is 8.68. The molecule has 2 nitrogen and oxygen atoms in total. The van der Waals surface area contributed by atoms with Crippen LogP contribution in [0.5, 0.6) is 0 Å². The second-order valence-electron chi connectivity index (χ2n) is 3.41. The monoisotopic (exact) mass is 208 g/mol. The molecule has 2 atom stereocenters. The fraction of sp³-hybridized carbons (Fsp3) is 0.455. The molecule has 0 bridgehead atoms. The molecule has 1 rings (SSSR count). The number of aromatic nitrogens is 2. The third-order valence-corrected chi connectivity index (χ3v) is 3.45. The molecular weight excluding hydrogens is 192 g/mol. The molecule has 0 fully saturated rings. The molecule has 1 heterocycles. The van der Waals surface area contributed by atoms with Crippen LogP contribution in [0.2, 0.25) is 0 Å². The van der Waals surface area contributed by atoms with Gasteiger partial charge in [-0.3, -0.25) is 0 Å². The summed E-state index contributed by atoms with van der Waals surface area (Å²) in [5, 5.41) is 0.857. The first-order valence-corrected chi connectivity index (χ1v) is 5.75. The number of hydrogen-bond acceptors (Lipinski definition) is 3. The summed E-state index contributed by atoms with van der Waals surface area (Å²) in [5.74, 6) is 2.20. The van der Waals surface area contributed by atoms with Gasteiger partial charge in [-0.2, -0.15) is 0 Å². The molecule has 3 heteroatoms. The summed E-state index contributed by atoms with van der Waals surface area (Å²) in [6.07, 6.45) is 5.55. The molecule has 14 heavy (non-hydrogen) atoms. The van der Waals surface area contributed by atoms with Gasteiger partial charge < -0.3 is 0 Å². The van der Waals surface area contributed by atoms with E-state index in [4.69, 9.17) is 0 Å². The lowest BCUT2D eigenvalue weighted by Gasteiger charge is -2.14. The minimum atomic E-state index is 0.547. The third kappa shape index (κ3) is 3.50. The van der Waals surface area contributed by atoms with Gasteiger partial charge in [-0.25, -0.2) is 9.97 Å². The molecule has 0 saturated carbocycles. The van der Waals surface area contributed by atoms with E-state index in [9.17, 15) is 0 Å². The van der Waals surface area contributed by atoms with Crippen LogP contribution in [0.4, 0.5) is 0 Å². The predicted molar refractivity (Wildman–Crippen MR) is 61.3 cm³/mol. The van der Waals surface area contributed by atoms with Gasteiger partial charge in [0.05, 0.1) is 0 Å². The highest BCUT2D eigenvalue weighted by molar-refractivity contribution is 7.99. The number of hydrogen-bond donors (Lipinski definition) is 0. The van der Waals surface area contributed by atoms with E-state index in [1.165, 1.54) is 0 Å². The van der Waals surface area contributed by atoms with Crippen molar-refractivity contribution in [2.45, 2.75) is 19.0 Å². The van der Waals surface area contributed by atoms with Crippen LogP contribution in [0.25, 0.3) is 0 Å².